The average molecular weight is 362 g/mol. The molecule has 9 nitrogen and oxygen atoms in total. The topological polar surface area (TPSA) is 94.2 Å². The van der Waals surface area contributed by atoms with Crippen LogP contribution in [-0.4, -0.2) is 55.7 Å². The molecule has 0 saturated heterocycles. The molecular formula is C17H26N6O3. The van der Waals surface area contributed by atoms with E-state index >= 15 is 0 Å². The molecule has 0 bridgehead atoms. The molecule has 142 valence electrons. The Morgan fingerprint density at radius 3 is 2.69 bits per heavy atom. The molecule has 1 aliphatic rings. The zero-order chi connectivity index (χ0) is 19.0. The minimum Gasteiger partial charge on any atom is -0.352 e. The van der Waals surface area contributed by atoms with E-state index in [1.165, 1.54) is 22.5 Å². The summed E-state index contributed by atoms with van der Waals surface area (Å²) >= 11 is 0. The van der Waals surface area contributed by atoms with Crippen LogP contribution in [-0.2, 0) is 25.4 Å². The van der Waals surface area contributed by atoms with Crippen LogP contribution < -0.4 is 16.6 Å². The van der Waals surface area contributed by atoms with Crippen LogP contribution in [0.15, 0.2) is 15.9 Å². The molecule has 26 heavy (non-hydrogen) atoms. The monoisotopic (exact) mass is 362 g/mol. The summed E-state index contributed by atoms with van der Waals surface area (Å²) in [5.41, 5.74) is -0.330. The van der Waals surface area contributed by atoms with Gasteiger partial charge in [0.25, 0.3) is 5.56 Å². The van der Waals surface area contributed by atoms with E-state index in [4.69, 9.17) is 0 Å². The van der Waals surface area contributed by atoms with Gasteiger partial charge in [-0.05, 0) is 39.8 Å². The van der Waals surface area contributed by atoms with Crippen LogP contribution in [0, 0.1) is 0 Å². The lowest BCUT2D eigenvalue weighted by molar-refractivity contribution is -0.122. The predicted molar refractivity (Wildman–Crippen MR) is 98.1 cm³/mol. The Bertz CT molecular complexity index is 938. The smallest absolute Gasteiger partial charge is 0.332 e. The molecular weight excluding hydrogens is 336 g/mol. The molecule has 0 radical (unpaired) electrons. The number of aromatic nitrogens is 4. The van der Waals surface area contributed by atoms with Crippen molar-refractivity contribution in [3.8, 4) is 0 Å². The Balaban J connectivity index is 1.78. The number of hydrogen-bond donors (Lipinski definition) is 1. The number of rotatable bonds is 4. The fraction of sp³-hybridized carbons (Fsp3) is 0.647. The average Bonchev–Trinajstić information content (AvgIpc) is 3.01. The van der Waals surface area contributed by atoms with E-state index in [-0.39, 0.29) is 29.7 Å². The summed E-state index contributed by atoms with van der Waals surface area (Å²) < 4.78 is 3.86. The molecule has 2 unspecified atom stereocenters. The number of carbonyl (C=O) groups excluding carboxylic acids is 1. The Labute approximate surface area is 151 Å². The maximum atomic E-state index is 12.5. The van der Waals surface area contributed by atoms with Crippen LogP contribution in [0.2, 0.25) is 0 Å². The third-order valence-electron chi connectivity index (χ3n) is 5.27. The van der Waals surface area contributed by atoms with Crippen molar-refractivity contribution in [3.63, 3.8) is 0 Å². The van der Waals surface area contributed by atoms with Gasteiger partial charge in [-0.1, -0.05) is 0 Å². The van der Waals surface area contributed by atoms with Gasteiger partial charge in [-0.25, -0.2) is 9.78 Å². The maximum absolute atomic E-state index is 12.5. The number of amides is 1. The van der Waals surface area contributed by atoms with E-state index in [0.29, 0.717) is 6.04 Å². The molecule has 1 N–H and O–H groups in total. The van der Waals surface area contributed by atoms with Crippen molar-refractivity contribution in [3.05, 3.63) is 27.2 Å². The normalized spacial score (nSPS) is 20.7. The molecule has 3 rings (SSSR count). The molecule has 2 aromatic heterocycles. The van der Waals surface area contributed by atoms with Crippen molar-refractivity contribution in [2.24, 2.45) is 14.1 Å². The summed E-state index contributed by atoms with van der Waals surface area (Å²) in [6.45, 7) is 0.00702. The van der Waals surface area contributed by atoms with Crippen LogP contribution in [0.3, 0.4) is 0 Å². The Kier molecular flexibility index (Phi) is 4.99. The van der Waals surface area contributed by atoms with Crippen LogP contribution >= 0.6 is 0 Å². The van der Waals surface area contributed by atoms with Crippen LogP contribution in [0.5, 0.6) is 0 Å². The molecule has 9 heteroatoms. The Hall–Kier alpha value is -2.42. The number of nitrogens with zero attached hydrogens (tertiary/aromatic N) is 5. The van der Waals surface area contributed by atoms with Gasteiger partial charge in [0.1, 0.15) is 6.54 Å². The van der Waals surface area contributed by atoms with Crippen LogP contribution in [0.25, 0.3) is 11.2 Å². The summed E-state index contributed by atoms with van der Waals surface area (Å²) in [5.74, 6) is -0.149. The predicted octanol–water partition coefficient (Wildman–Crippen LogP) is -0.577. The first kappa shape index (κ1) is 18.4. The first-order valence-corrected chi connectivity index (χ1v) is 8.86. The van der Waals surface area contributed by atoms with E-state index in [0.717, 1.165) is 30.3 Å². The lowest BCUT2D eigenvalue weighted by atomic mass is 9.90. The maximum Gasteiger partial charge on any atom is 0.332 e. The highest BCUT2D eigenvalue weighted by Gasteiger charge is 2.25. The number of hydrogen-bond acceptors (Lipinski definition) is 5. The zero-order valence-corrected chi connectivity index (χ0v) is 15.7. The van der Waals surface area contributed by atoms with Crippen molar-refractivity contribution in [1.82, 2.24) is 28.9 Å². The first-order valence-electron chi connectivity index (χ1n) is 8.86. The number of fused-ring (bicyclic) bond motifs is 1. The van der Waals surface area contributed by atoms with Gasteiger partial charge in [0.2, 0.25) is 5.91 Å². The SMILES string of the molecule is CN(C)C1CCCC(NC(=O)Cn2cnc3c2c(=O)n(C)c(=O)n3C)C1. The minimum absolute atomic E-state index is 0.00702. The highest BCUT2D eigenvalue weighted by atomic mass is 16.2. The second-order valence-electron chi connectivity index (χ2n) is 7.30. The number of imidazole rings is 1. The molecule has 1 saturated carbocycles. The molecule has 1 aliphatic carbocycles. The summed E-state index contributed by atoms with van der Waals surface area (Å²) in [7, 11) is 7.11. The second-order valence-corrected chi connectivity index (χ2v) is 7.30. The first-order chi connectivity index (χ1) is 12.3. The summed E-state index contributed by atoms with van der Waals surface area (Å²) in [4.78, 5) is 43.2. The quantitative estimate of drug-likeness (QED) is 0.786. The third kappa shape index (κ3) is 3.31. The van der Waals surface area contributed by atoms with E-state index < -0.39 is 11.2 Å². The Morgan fingerprint density at radius 1 is 1.27 bits per heavy atom. The van der Waals surface area contributed by atoms with Gasteiger partial charge in [0.15, 0.2) is 11.2 Å². The lowest BCUT2D eigenvalue weighted by Crippen LogP contribution is -2.44. The lowest BCUT2D eigenvalue weighted by Gasteiger charge is -2.33. The molecule has 0 spiro atoms. The number of aryl methyl sites for hydroxylation is 1. The van der Waals surface area contributed by atoms with E-state index in [2.05, 4.69) is 29.3 Å². The largest absolute Gasteiger partial charge is 0.352 e. The van der Waals surface area contributed by atoms with E-state index in [1.807, 2.05) is 0 Å². The van der Waals surface area contributed by atoms with Crippen molar-refractivity contribution in [1.29, 1.82) is 0 Å². The molecule has 0 aromatic carbocycles. The zero-order valence-electron chi connectivity index (χ0n) is 15.7. The van der Waals surface area contributed by atoms with Gasteiger partial charge in [0, 0.05) is 26.2 Å². The number of nitrogens with one attached hydrogen (secondary N) is 1. The summed E-state index contributed by atoms with van der Waals surface area (Å²) in [6, 6.07) is 0.621. The van der Waals surface area contributed by atoms with Gasteiger partial charge < -0.3 is 14.8 Å². The van der Waals surface area contributed by atoms with E-state index in [9.17, 15) is 14.4 Å². The summed E-state index contributed by atoms with van der Waals surface area (Å²) in [5, 5.41) is 3.08. The van der Waals surface area contributed by atoms with Crippen molar-refractivity contribution < 1.29 is 4.79 Å². The van der Waals surface area contributed by atoms with Crippen molar-refractivity contribution >= 4 is 17.1 Å². The van der Waals surface area contributed by atoms with Gasteiger partial charge in [-0.3, -0.25) is 18.7 Å². The molecule has 2 heterocycles. The third-order valence-corrected chi connectivity index (χ3v) is 5.27. The van der Waals surface area contributed by atoms with E-state index in [1.54, 1.807) is 7.05 Å². The standard InChI is InChI=1S/C17H26N6O3/c1-20(2)12-7-5-6-11(8-12)19-13(24)9-23-10-18-15-14(23)16(25)22(4)17(26)21(15)3/h10-12H,5-9H2,1-4H3,(H,19,24). The van der Waals surface area contributed by atoms with Gasteiger partial charge in [0.05, 0.1) is 6.33 Å². The highest BCUT2D eigenvalue weighted by molar-refractivity contribution is 5.79. The fourth-order valence-corrected chi connectivity index (χ4v) is 3.71. The van der Waals surface area contributed by atoms with Gasteiger partial charge >= 0.3 is 5.69 Å². The molecule has 0 aliphatic heterocycles. The molecule has 1 fully saturated rings. The van der Waals surface area contributed by atoms with Gasteiger partial charge in [-0.15, -0.1) is 0 Å². The molecule has 2 atom stereocenters. The summed E-state index contributed by atoms with van der Waals surface area (Å²) in [6.07, 6.45) is 5.57. The van der Waals surface area contributed by atoms with Gasteiger partial charge in [-0.2, -0.15) is 0 Å². The number of carbonyl (C=O) groups is 1. The van der Waals surface area contributed by atoms with Crippen molar-refractivity contribution in [2.75, 3.05) is 14.1 Å². The fourth-order valence-electron chi connectivity index (χ4n) is 3.71. The van der Waals surface area contributed by atoms with Crippen LogP contribution in [0.1, 0.15) is 25.7 Å². The Morgan fingerprint density at radius 2 is 2.00 bits per heavy atom. The molecule has 1 amide bonds. The van der Waals surface area contributed by atoms with Crippen LogP contribution in [0.4, 0.5) is 0 Å². The van der Waals surface area contributed by atoms with Crippen molar-refractivity contribution in [2.45, 2.75) is 44.3 Å². The minimum atomic E-state index is -0.446. The highest BCUT2D eigenvalue weighted by Crippen LogP contribution is 2.21. The molecule has 2 aromatic rings. The second kappa shape index (κ2) is 7.06.